The van der Waals surface area contributed by atoms with Gasteiger partial charge >= 0.3 is 0 Å². The number of nitrogens with one attached hydrogen (secondary N) is 1. The maximum Gasteiger partial charge on any atom is 0.229 e. The van der Waals surface area contributed by atoms with E-state index >= 15 is 0 Å². The van der Waals surface area contributed by atoms with Gasteiger partial charge in [-0.05, 0) is 38.3 Å². The minimum absolute atomic E-state index is 0.0296. The van der Waals surface area contributed by atoms with E-state index < -0.39 is 0 Å². The van der Waals surface area contributed by atoms with Gasteiger partial charge in [-0.25, -0.2) is 4.98 Å². The molecule has 3 heterocycles. The Morgan fingerprint density at radius 2 is 2.36 bits per heavy atom. The second-order valence-electron chi connectivity index (χ2n) is 5.77. The summed E-state index contributed by atoms with van der Waals surface area (Å²) in [6, 6.07) is 0.160. The molecular formula is C15H19ClN4O2. The molecule has 3 rings (SSSR count). The second kappa shape index (κ2) is 6.12. The van der Waals surface area contributed by atoms with E-state index in [1.54, 1.807) is 0 Å². The highest BCUT2D eigenvalue weighted by Crippen LogP contribution is 2.20. The zero-order valence-electron chi connectivity index (χ0n) is 12.7. The molecule has 1 aliphatic rings. The van der Waals surface area contributed by atoms with Gasteiger partial charge in [-0.3, -0.25) is 4.79 Å². The standard InChI is InChI=1S/C15H19ClN4O2/c1-9-7-20-8-11(3-5-13(20)17-9)18-14(21)6-4-12-10(2)19-22-15(12)16/h7,11H,3-6,8H2,1-2H3,(H,18,21)/t11-/m1/s1. The number of hydrogen-bond donors (Lipinski definition) is 1. The number of aryl methyl sites for hydroxylation is 3. The van der Waals surface area contributed by atoms with Crippen molar-refractivity contribution in [1.29, 1.82) is 0 Å². The van der Waals surface area contributed by atoms with Gasteiger partial charge in [0.25, 0.3) is 0 Å². The maximum atomic E-state index is 12.1. The molecule has 0 spiro atoms. The van der Waals surface area contributed by atoms with Gasteiger partial charge < -0.3 is 14.4 Å². The van der Waals surface area contributed by atoms with E-state index in [0.717, 1.165) is 42.2 Å². The van der Waals surface area contributed by atoms with Crippen molar-refractivity contribution in [3.05, 3.63) is 34.2 Å². The predicted molar refractivity (Wildman–Crippen MR) is 81.8 cm³/mol. The molecule has 0 bridgehead atoms. The topological polar surface area (TPSA) is 73.0 Å². The highest BCUT2D eigenvalue weighted by molar-refractivity contribution is 6.29. The summed E-state index contributed by atoms with van der Waals surface area (Å²) >= 11 is 5.91. The first-order valence-electron chi connectivity index (χ1n) is 7.45. The Bertz CT molecular complexity index is 672. The smallest absolute Gasteiger partial charge is 0.229 e. The Labute approximate surface area is 133 Å². The second-order valence-corrected chi connectivity index (χ2v) is 6.12. The Hall–Kier alpha value is -1.82. The third-order valence-corrected chi connectivity index (χ3v) is 4.31. The maximum absolute atomic E-state index is 12.1. The van der Waals surface area contributed by atoms with E-state index in [0.29, 0.717) is 12.8 Å². The normalized spacial score (nSPS) is 17.3. The van der Waals surface area contributed by atoms with Crippen molar-refractivity contribution >= 4 is 17.5 Å². The fraction of sp³-hybridized carbons (Fsp3) is 0.533. The van der Waals surface area contributed by atoms with Crippen LogP contribution in [0.2, 0.25) is 5.22 Å². The van der Waals surface area contributed by atoms with Crippen LogP contribution >= 0.6 is 11.6 Å². The highest BCUT2D eigenvalue weighted by atomic mass is 35.5. The molecule has 0 aromatic carbocycles. The summed E-state index contributed by atoms with van der Waals surface area (Å²) in [4.78, 5) is 16.6. The molecule has 0 saturated heterocycles. The number of imidazole rings is 1. The van der Waals surface area contributed by atoms with Gasteiger partial charge in [0.1, 0.15) is 5.82 Å². The SMILES string of the molecule is Cc1cn2c(n1)CC[C@@H](NC(=O)CCc1c(C)noc1Cl)C2. The summed E-state index contributed by atoms with van der Waals surface area (Å²) in [6.07, 6.45) is 4.79. The van der Waals surface area contributed by atoms with Crippen molar-refractivity contribution in [2.45, 2.75) is 52.1 Å². The van der Waals surface area contributed by atoms with Crippen LogP contribution in [-0.4, -0.2) is 26.7 Å². The van der Waals surface area contributed by atoms with Crippen molar-refractivity contribution in [3.8, 4) is 0 Å². The number of nitrogens with zero attached hydrogens (tertiary/aromatic N) is 3. The molecule has 0 fully saturated rings. The van der Waals surface area contributed by atoms with Crippen LogP contribution in [0.3, 0.4) is 0 Å². The van der Waals surface area contributed by atoms with Crippen LogP contribution in [0.5, 0.6) is 0 Å². The number of rotatable bonds is 4. The molecule has 1 atom stereocenters. The minimum Gasteiger partial charge on any atom is -0.352 e. The number of amides is 1. The Balaban J connectivity index is 1.52. The number of hydrogen-bond acceptors (Lipinski definition) is 4. The molecule has 1 amide bonds. The van der Waals surface area contributed by atoms with Crippen molar-refractivity contribution in [3.63, 3.8) is 0 Å². The van der Waals surface area contributed by atoms with Crippen molar-refractivity contribution in [2.24, 2.45) is 0 Å². The number of halogens is 1. The molecule has 2 aromatic rings. The molecular weight excluding hydrogens is 304 g/mol. The van der Waals surface area contributed by atoms with Gasteiger partial charge in [0, 0.05) is 37.2 Å². The lowest BCUT2D eigenvalue weighted by molar-refractivity contribution is -0.122. The van der Waals surface area contributed by atoms with Gasteiger partial charge in [0.15, 0.2) is 0 Å². The van der Waals surface area contributed by atoms with Crippen molar-refractivity contribution < 1.29 is 9.32 Å². The summed E-state index contributed by atoms with van der Waals surface area (Å²) in [5, 5.41) is 7.16. The number of aromatic nitrogens is 3. The molecule has 6 nitrogen and oxygen atoms in total. The van der Waals surface area contributed by atoms with Crippen LogP contribution in [0, 0.1) is 13.8 Å². The lowest BCUT2D eigenvalue weighted by Gasteiger charge is -2.24. The average molecular weight is 323 g/mol. The third-order valence-electron chi connectivity index (χ3n) is 4.02. The zero-order chi connectivity index (χ0) is 15.7. The lowest BCUT2D eigenvalue weighted by Crippen LogP contribution is -2.41. The molecule has 0 aliphatic carbocycles. The van der Waals surface area contributed by atoms with Crippen LogP contribution in [0.15, 0.2) is 10.7 Å². The first kappa shape index (κ1) is 15.1. The molecule has 0 unspecified atom stereocenters. The van der Waals surface area contributed by atoms with Gasteiger partial charge in [-0.15, -0.1) is 0 Å². The minimum atomic E-state index is 0.0296. The Morgan fingerprint density at radius 3 is 3.09 bits per heavy atom. The van der Waals surface area contributed by atoms with Crippen LogP contribution in [0.4, 0.5) is 0 Å². The lowest BCUT2D eigenvalue weighted by atomic mass is 10.1. The summed E-state index contributed by atoms with van der Waals surface area (Å²) in [5.74, 6) is 1.14. The van der Waals surface area contributed by atoms with Gasteiger partial charge in [-0.2, -0.15) is 0 Å². The highest BCUT2D eigenvalue weighted by Gasteiger charge is 2.21. The average Bonchev–Trinajstić information content (AvgIpc) is 2.98. The number of carbonyl (C=O) groups excluding carboxylic acids is 1. The van der Waals surface area contributed by atoms with Crippen molar-refractivity contribution in [1.82, 2.24) is 20.0 Å². The van der Waals surface area contributed by atoms with Gasteiger partial charge in [0.05, 0.1) is 11.4 Å². The molecule has 1 aliphatic heterocycles. The quantitative estimate of drug-likeness (QED) is 0.936. The fourth-order valence-corrected chi connectivity index (χ4v) is 3.15. The van der Waals surface area contributed by atoms with Crippen LogP contribution < -0.4 is 5.32 Å². The van der Waals surface area contributed by atoms with Gasteiger partial charge in [0.2, 0.25) is 11.1 Å². The first-order valence-corrected chi connectivity index (χ1v) is 7.83. The third kappa shape index (κ3) is 3.16. The van der Waals surface area contributed by atoms with Crippen LogP contribution in [-0.2, 0) is 24.2 Å². The predicted octanol–water partition coefficient (Wildman–Crippen LogP) is 2.21. The summed E-state index contributed by atoms with van der Waals surface area (Å²) in [5.41, 5.74) is 2.58. The largest absolute Gasteiger partial charge is 0.352 e. The van der Waals surface area contributed by atoms with E-state index in [1.165, 1.54) is 0 Å². The molecule has 118 valence electrons. The van der Waals surface area contributed by atoms with E-state index in [-0.39, 0.29) is 17.2 Å². The summed E-state index contributed by atoms with van der Waals surface area (Å²) in [7, 11) is 0. The van der Waals surface area contributed by atoms with Crippen molar-refractivity contribution in [2.75, 3.05) is 0 Å². The monoisotopic (exact) mass is 322 g/mol. The molecule has 0 radical (unpaired) electrons. The Kier molecular flexibility index (Phi) is 4.20. The fourth-order valence-electron chi connectivity index (χ4n) is 2.88. The molecule has 22 heavy (non-hydrogen) atoms. The molecule has 1 N–H and O–H groups in total. The number of carbonyl (C=O) groups is 1. The zero-order valence-corrected chi connectivity index (χ0v) is 13.5. The Morgan fingerprint density at radius 1 is 1.55 bits per heavy atom. The molecule has 2 aromatic heterocycles. The van der Waals surface area contributed by atoms with E-state index in [1.807, 2.05) is 20.0 Å². The summed E-state index contributed by atoms with van der Waals surface area (Å²) in [6.45, 7) is 4.60. The van der Waals surface area contributed by atoms with Crippen LogP contribution in [0.25, 0.3) is 0 Å². The van der Waals surface area contributed by atoms with E-state index in [9.17, 15) is 4.79 Å². The molecule has 7 heteroatoms. The molecule has 0 saturated carbocycles. The van der Waals surface area contributed by atoms with Crippen LogP contribution in [0.1, 0.15) is 35.6 Å². The number of fused-ring (bicyclic) bond motifs is 1. The summed E-state index contributed by atoms with van der Waals surface area (Å²) < 4.78 is 7.02. The van der Waals surface area contributed by atoms with Gasteiger partial charge in [-0.1, -0.05) is 5.16 Å². The first-order chi connectivity index (χ1) is 10.5. The van der Waals surface area contributed by atoms with E-state index in [4.69, 9.17) is 16.1 Å². The van der Waals surface area contributed by atoms with E-state index in [2.05, 4.69) is 20.0 Å².